The van der Waals surface area contributed by atoms with Crippen molar-refractivity contribution >= 4 is 12.4 Å². The van der Waals surface area contributed by atoms with Crippen LogP contribution < -0.4 is 0 Å². The number of nitrogens with zero attached hydrogens (tertiary/aromatic N) is 1. The molecule has 0 saturated carbocycles. The molecule has 0 bridgehead atoms. The normalized spacial score (nSPS) is 14.1. The lowest BCUT2D eigenvalue weighted by Gasteiger charge is -2.28. The van der Waals surface area contributed by atoms with Gasteiger partial charge in [0.2, 0.25) is 0 Å². The first-order valence-electron chi connectivity index (χ1n) is 6.05. The van der Waals surface area contributed by atoms with Gasteiger partial charge in [-0.2, -0.15) is 0 Å². The van der Waals surface area contributed by atoms with Crippen molar-refractivity contribution in [3.63, 3.8) is 0 Å². The standard InChI is InChI=1S/C14H23NO2.ClH/c1-5-13(14(17-4)10-15(2)3)11-7-6-8-12(16)9-11;/h6-9,13-14,16H,5,10H2,1-4H3;1H. The van der Waals surface area contributed by atoms with Crippen molar-refractivity contribution in [2.75, 3.05) is 27.7 Å². The SMILES string of the molecule is CCC(c1cccc(O)c1)C(CN(C)C)OC.Cl. The van der Waals surface area contributed by atoms with E-state index in [-0.39, 0.29) is 18.5 Å². The molecule has 0 fully saturated rings. The molecule has 18 heavy (non-hydrogen) atoms. The molecule has 104 valence electrons. The molecule has 0 amide bonds. The average molecular weight is 274 g/mol. The van der Waals surface area contributed by atoms with Crippen LogP contribution in [0.2, 0.25) is 0 Å². The van der Waals surface area contributed by atoms with Crippen LogP contribution in [-0.4, -0.2) is 43.9 Å². The highest BCUT2D eigenvalue weighted by molar-refractivity contribution is 5.85. The van der Waals surface area contributed by atoms with Crippen LogP contribution in [0.15, 0.2) is 24.3 Å². The summed E-state index contributed by atoms with van der Waals surface area (Å²) >= 11 is 0. The molecule has 1 N–H and O–H groups in total. The Labute approximate surface area is 116 Å². The molecule has 1 aromatic carbocycles. The van der Waals surface area contributed by atoms with Gasteiger partial charge < -0.3 is 14.7 Å². The minimum atomic E-state index is 0. The number of methoxy groups -OCH3 is 1. The van der Waals surface area contributed by atoms with Gasteiger partial charge in [-0.15, -0.1) is 12.4 Å². The average Bonchev–Trinajstić information content (AvgIpc) is 2.28. The summed E-state index contributed by atoms with van der Waals surface area (Å²) in [4.78, 5) is 2.12. The van der Waals surface area contributed by atoms with E-state index in [1.165, 1.54) is 0 Å². The van der Waals surface area contributed by atoms with Gasteiger partial charge in [0.25, 0.3) is 0 Å². The zero-order valence-corrected chi connectivity index (χ0v) is 12.4. The van der Waals surface area contributed by atoms with Crippen LogP contribution in [0.3, 0.4) is 0 Å². The Hall–Kier alpha value is -0.770. The Morgan fingerprint density at radius 3 is 2.44 bits per heavy atom. The molecule has 0 aliphatic carbocycles. The fourth-order valence-corrected chi connectivity index (χ4v) is 2.19. The molecule has 0 spiro atoms. The van der Waals surface area contributed by atoms with Crippen LogP contribution in [0.5, 0.6) is 5.75 Å². The summed E-state index contributed by atoms with van der Waals surface area (Å²) in [6, 6.07) is 7.46. The summed E-state index contributed by atoms with van der Waals surface area (Å²) in [5, 5.41) is 9.54. The minimum Gasteiger partial charge on any atom is -0.508 e. The summed E-state index contributed by atoms with van der Waals surface area (Å²) in [6.07, 6.45) is 1.15. The molecular formula is C14H24ClNO2. The van der Waals surface area contributed by atoms with Crippen molar-refractivity contribution < 1.29 is 9.84 Å². The van der Waals surface area contributed by atoms with E-state index in [4.69, 9.17) is 4.74 Å². The van der Waals surface area contributed by atoms with Crippen LogP contribution in [-0.2, 0) is 4.74 Å². The Kier molecular flexibility index (Phi) is 8.00. The summed E-state index contributed by atoms with van der Waals surface area (Å²) < 4.78 is 5.59. The molecule has 3 nitrogen and oxygen atoms in total. The van der Waals surface area contributed by atoms with Gasteiger partial charge in [0, 0.05) is 19.6 Å². The number of aromatic hydroxyl groups is 1. The first-order chi connectivity index (χ1) is 8.08. The number of ether oxygens (including phenoxy) is 1. The monoisotopic (exact) mass is 273 g/mol. The summed E-state index contributed by atoms with van der Waals surface area (Å²) in [6.45, 7) is 3.03. The zero-order valence-electron chi connectivity index (χ0n) is 11.6. The fourth-order valence-electron chi connectivity index (χ4n) is 2.19. The van der Waals surface area contributed by atoms with E-state index in [1.54, 1.807) is 13.2 Å². The van der Waals surface area contributed by atoms with Gasteiger partial charge >= 0.3 is 0 Å². The summed E-state index contributed by atoms with van der Waals surface area (Å²) in [7, 11) is 5.84. The van der Waals surface area contributed by atoms with Crippen LogP contribution >= 0.6 is 12.4 Å². The number of halogens is 1. The quantitative estimate of drug-likeness (QED) is 0.865. The minimum absolute atomic E-state index is 0. The van der Waals surface area contributed by atoms with E-state index in [0.29, 0.717) is 11.7 Å². The molecule has 0 aliphatic rings. The molecule has 1 rings (SSSR count). The van der Waals surface area contributed by atoms with E-state index in [0.717, 1.165) is 18.5 Å². The molecule has 0 heterocycles. The third-order valence-corrected chi connectivity index (χ3v) is 3.03. The van der Waals surface area contributed by atoms with Gasteiger partial charge in [-0.05, 0) is 38.2 Å². The smallest absolute Gasteiger partial charge is 0.115 e. The molecule has 0 aliphatic heterocycles. The zero-order chi connectivity index (χ0) is 12.8. The third kappa shape index (κ3) is 4.84. The number of likely N-dealkylation sites (N-methyl/N-ethyl adjacent to an activating group) is 1. The third-order valence-electron chi connectivity index (χ3n) is 3.03. The Morgan fingerprint density at radius 2 is 2.00 bits per heavy atom. The van der Waals surface area contributed by atoms with Gasteiger partial charge in [0.05, 0.1) is 6.10 Å². The highest BCUT2D eigenvalue weighted by Gasteiger charge is 2.22. The Bertz CT molecular complexity index is 344. The van der Waals surface area contributed by atoms with Crippen molar-refractivity contribution in [2.24, 2.45) is 0 Å². The predicted octanol–water partition coefficient (Wildman–Crippen LogP) is 2.88. The van der Waals surface area contributed by atoms with Crippen LogP contribution in [0, 0.1) is 0 Å². The number of hydrogen-bond donors (Lipinski definition) is 1. The lowest BCUT2D eigenvalue weighted by molar-refractivity contribution is 0.0555. The summed E-state index contributed by atoms with van der Waals surface area (Å²) in [5.74, 6) is 0.634. The van der Waals surface area contributed by atoms with Gasteiger partial charge in [-0.1, -0.05) is 19.1 Å². The fraction of sp³-hybridized carbons (Fsp3) is 0.571. The lowest BCUT2D eigenvalue weighted by Crippen LogP contribution is -2.32. The highest BCUT2D eigenvalue weighted by atomic mass is 35.5. The number of rotatable bonds is 6. The maximum Gasteiger partial charge on any atom is 0.115 e. The van der Waals surface area contributed by atoms with Crippen LogP contribution in [0.4, 0.5) is 0 Å². The Balaban J connectivity index is 0.00000289. The maximum atomic E-state index is 9.54. The molecule has 0 radical (unpaired) electrons. The van der Waals surface area contributed by atoms with Gasteiger partial charge in [-0.3, -0.25) is 0 Å². The number of phenolic OH excluding ortho intramolecular Hbond substituents is 1. The lowest BCUT2D eigenvalue weighted by atomic mass is 9.90. The van der Waals surface area contributed by atoms with Crippen molar-refractivity contribution in [3.05, 3.63) is 29.8 Å². The number of benzene rings is 1. The molecule has 2 unspecified atom stereocenters. The predicted molar refractivity (Wildman–Crippen MR) is 77.7 cm³/mol. The van der Waals surface area contributed by atoms with E-state index in [2.05, 4.69) is 17.9 Å². The van der Waals surface area contributed by atoms with E-state index in [1.807, 2.05) is 26.2 Å². The van der Waals surface area contributed by atoms with E-state index < -0.39 is 0 Å². The van der Waals surface area contributed by atoms with Gasteiger partial charge in [0.15, 0.2) is 0 Å². The second-order valence-electron chi connectivity index (χ2n) is 4.65. The second kappa shape index (κ2) is 8.35. The number of hydrogen-bond acceptors (Lipinski definition) is 3. The van der Waals surface area contributed by atoms with E-state index in [9.17, 15) is 5.11 Å². The molecule has 0 aromatic heterocycles. The Morgan fingerprint density at radius 1 is 1.33 bits per heavy atom. The number of phenols is 1. The molecular weight excluding hydrogens is 250 g/mol. The van der Waals surface area contributed by atoms with Gasteiger partial charge in [0.1, 0.15) is 5.75 Å². The summed E-state index contributed by atoms with van der Waals surface area (Å²) in [5.41, 5.74) is 1.14. The highest BCUT2D eigenvalue weighted by Crippen LogP contribution is 2.27. The largest absolute Gasteiger partial charge is 0.508 e. The molecule has 4 heteroatoms. The van der Waals surface area contributed by atoms with Crippen molar-refractivity contribution in [1.29, 1.82) is 0 Å². The van der Waals surface area contributed by atoms with Crippen LogP contribution in [0.1, 0.15) is 24.8 Å². The topological polar surface area (TPSA) is 32.7 Å². The van der Waals surface area contributed by atoms with Crippen LogP contribution in [0.25, 0.3) is 0 Å². The van der Waals surface area contributed by atoms with Crippen molar-refractivity contribution in [2.45, 2.75) is 25.4 Å². The maximum absolute atomic E-state index is 9.54. The van der Waals surface area contributed by atoms with Crippen molar-refractivity contribution in [1.82, 2.24) is 4.90 Å². The van der Waals surface area contributed by atoms with E-state index >= 15 is 0 Å². The molecule has 0 saturated heterocycles. The van der Waals surface area contributed by atoms with Crippen molar-refractivity contribution in [3.8, 4) is 5.75 Å². The molecule has 1 aromatic rings. The second-order valence-corrected chi connectivity index (χ2v) is 4.65. The first-order valence-corrected chi connectivity index (χ1v) is 6.05. The van der Waals surface area contributed by atoms with Gasteiger partial charge in [-0.25, -0.2) is 0 Å². The molecule has 2 atom stereocenters. The first kappa shape index (κ1) is 17.2.